The third-order valence-corrected chi connectivity index (χ3v) is 2.85. The summed E-state index contributed by atoms with van der Waals surface area (Å²) in [7, 11) is 0. The van der Waals surface area contributed by atoms with Gasteiger partial charge < -0.3 is 0 Å². The average molecular weight is 167 g/mol. The van der Waals surface area contributed by atoms with E-state index in [-0.39, 0.29) is 0 Å². The van der Waals surface area contributed by atoms with Gasteiger partial charge in [-0.15, -0.1) is 0 Å². The number of aromatic nitrogens is 1. The fraction of sp³-hybridized carbons (Fsp3) is 0.667. The molecule has 0 radical (unpaired) electrons. The fourth-order valence-corrected chi connectivity index (χ4v) is 2.30. The van der Waals surface area contributed by atoms with Crippen LogP contribution in [0.15, 0.2) is 5.38 Å². The molecule has 0 spiro atoms. The molecule has 0 saturated heterocycles. The summed E-state index contributed by atoms with van der Waals surface area (Å²) < 4.78 is 4.42. The van der Waals surface area contributed by atoms with Gasteiger partial charge in [-0.05, 0) is 41.8 Å². The first-order valence-corrected chi connectivity index (χ1v) is 5.07. The maximum Gasteiger partial charge on any atom is 0.0602 e. The van der Waals surface area contributed by atoms with Crippen molar-refractivity contribution in [3.63, 3.8) is 0 Å². The van der Waals surface area contributed by atoms with Crippen molar-refractivity contribution in [3.05, 3.63) is 16.6 Å². The standard InChI is InChI=1S/C9H13NS/c1-6(2)9-8(5-11-10-9)7-3-4-7/h5-7H,3-4H2,1-2H3. The lowest BCUT2D eigenvalue weighted by atomic mass is 10.0. The highest BCUT2D eigenvalue weighted by Crippen LogP contribution is 2.43. The Labute approximate surface area is 71.6 Å². The molecule has 1 saturated carbocycles. The zero-order chi connectivity index (χ0) is 7.84. The predicted molar refractivity (Wildman–Crippen MR) is 48.2 cm³/mol. The Bertz CT molecular complexity index is 231. The highest BCUT2D eigenvalue weighted by molar-refractivity contribution is 7.03. The second-order valence-corrected chi connectivity index (χ2v) is 4.21. The number of hydrogen-bond acceptors (Lipinski definition) is 2. The summed E-state index contributed by atoms with van der Waals surface area (Å²) in [6, 6.07) is 0. The Morgan fingerprint density at radius 3 is 2.82 bits per heavy atom. The van der Waals surface area contributed by atoms with E-state index < -0.39 is 0 Å². The van der Waals surface area contributed by atoms with Crippen molar-refractivity contribution in [2.24, 2.45) is 0 Å². The maximum absolute atomic E-state index is 4.42. The molecule has 1 aliphatic rings. The molecule has 1 aromatic rings. The topological polar surface area (TPSA) is 12.9 Å². The van der Waals surface area contributed by atoms with Gasteiger partial charge in [0.15, 0.2) is 0 Å². The van der Waals surface area contributed by atoms with Gasteiger partial charge in [0.25, 0.3) is 0 Å². The first-order chi connectivity index (χ1) is 5.29. The van der Waals surface area contributed by atoms with E-state index in [9.17, 15) is 0 Å². The van der Waals surface area contributed by atoms with Gasteiger partial charge in [-0.25, -0.2) is 0 Å². The predicted octanol–water partition coefficient (Wildman–Crippen LogP) is 3.14. The maximum atomic E-state index is 4.42. The van der Waals surface area contributed by atoms with Crippen LogP contribution in [0.5, 0.6) is 0 Å². The van der Waals surface area contributed by atoms with Crippen LogP contribution in [-0.2, 0) is 0 Å². The molecule has 2 heteroatoms. The minimum atomic E-state index is 0.608. The molecule has 1 nitrogen and oxygen atoms in total. The van der Waals surface area contributed by atoms with Crippen LogP contribution in [0.3, 0.4) is 0 Å². The van der Waals surface area contributed by atoms with Crippen LogP contribution in [0.4, 0.5) is 0 Å². The van der Waals surface area contributed by atoms with Gasteiger partial charge >= 0.3 is 0 Å². The SMILES string of the molecule is CC(C)c1nscc1C1CC1. The molecule has 1 aliphatic carbocycles. The lowest BCUT2D eigenvalue weighted by molar-refractivity contribution is 0.818. The van der Waals surface area contributed by atoms with Crippen LogP contribution >= 0.6 is 11.5 Å². The van der Waals surface area contributed by atoms with E-state index in [0.717, 1.165) is 5.92 Å². The summed E-state index contributed by atoms with van der Waals surface area (Å²) in [4.78, 5) is 0. The molecule has 0 N–H and O–H groups in total. The fourth-order valence-electron chi connectivity index (χ4n) is 1.39. The Balaban J connectivity index is 2.30. The first kappa shape index (κ1) is 7.29. The quantitative estimate of drug-likeness (QED) is 0.659. The monoisotopic (exact) mass is 167 g/mol. The molecule has 0 atom stereocenters. The third kappa shape index (κ3) is 1.32. The molecule has 0 aliphatic heterocycles. The van der Waals surface area contributed by atoms with Crippen LogP contribution in [0.25, 0.3) is 0 Å². The third-order valence-electron chi connectivity index (χ3n) is 2.19. The van der Waals surface area contributed by atoms with E-state index in [1.165, 1.54) is 24.1 Å². The van der Waals surface area contributed by atoms with E-state index in [2.05, 4.69) is 23.6 Å². The Kier molecular flexibility index (Phi) is 1.72. The summed E-state index contributed by atoms with van der Waals surface area (Å²) in [6.45, 7) is 4.45. The molecule has 0 bridgehead atoms. The lowest BCUT2D eigenvalue weighted by Crippen LogP contribution is -1.91. The molecule has 1 aromatic heterocycles. The Morgan fingerprint density at radius 2 is 2.27 bits per heavy atom. The molecule has 0 unspecified atom stereocenters. The molecule has 0 aromatic carbocycles. The number of rotatable bonds is 2. The van der Waals surface area contributed by atoms with Crippen molar-refractivity contribution in [3.8, 4) is 0 Å². The molecule has 2 rings (SSSR count). The molecule has 1 heterocycles. The van der Waals surface area contributed by atoms with Gasteiger partial charge in [0, 0.05) is 5.38 Å². The van der Waals surface area contributed by atoms with Crippen LogP contribution in [-0.4, -0.2) is 4.37 Å². The lowest BCUT2D eigenvalue weighted by Gasteiger charge is -2.02. The zero-order valence-electron chi connectivity index (χ0n) is 7.00. The van der Waals surface area contributed by atoms with Crippen molar-refractivity contribution >= 4 is 11.5 Å². The van der Waals surface area contributed by atoms with Crippen molar-refractivity contribution in [1.82, 2.24) is 4.37 Å². The molecule has 0 amide bonds. The van der Waals surface area contributed by atoms with Gasteiger partial charge in [0.05, 0.1) is 5.69 Å². The highest BCUT2D eigenvalue weighted by Gasteiger charge is 2.27. The van der Waals surface area contributed by atoms with Gasteiger partial charge in [0.1, 0.15) is 0 Å². The van der Waals surface area contributed by atoms with E-state index in [1.807, 2.05) is 0 Å². The summed E-state index contributed by atoms with van der Waals surface area (Å²) >= 11 is 1.61. The molecular formula is C9H13NS. The highest BCUT2D eigenvalue weighted by atomic mass is 32.1. The van der Waals surface area contributed by atoms with Crippen molar-refractivity contribution in [2.45, 2.75) is 38.5 Å². The van der Waals surface area contributed by atoms with Crippen LogP contribution in [0.1, 0.15) is 49.8 Å². The van der Waals surface area contributed by atoms with Crippen LogP contribution < -0.4 is 0 Å². The number of nitrogens with zero attached hydrogens (tertiary/aromatic N) is 1. The van der Waals surface area contributed by atoms with Gasteiger partial charge in [-0.2, -0.15) is 4.37 Å². The minimum absolute atomic E-state index is 0.608. The number of hydrogen-bond donors (Lipinski definition) is 0. The Morgan fingerprint density at radius 1 is 1.55 bits per heavy atom. The van der Waals surface area contributed by atoms with Crippen molar-refractivity contribution in [1.29, 1.82) is 0 Å². The summed E-state index contributed by atoms with van der Waals surface area (Å²) in [5.41, 5.74) is 2.88. The summed E-state index contributed by atoms with van der Waals surface area (Å²) in [6.07, 6.45) is 2.77. The van der Waals surface area contributed by atoms with E-state index in [0.29, 0.717) is 5.92 Å². The molecule has 11 heavy (non-hydrogen) atoms. The Hall–Kier alpha value is -0.370. The van der Waals surface area contributed by atoms with Crippen LogP contribution in [0.2, 0.25) is 0 Å². The van der Waals surface area contributed by atoms with Crippen molar-refractivity contribution in [2.75, 3.05) is 0 Å². The van der Waals surface area contributed by atoms with Crippen LogP contribution in [0, 0.1) is 0 Å². The summed E-state index contributed by atoms with van der Waals surface area (Å²) in [5, 5.41) is 2.23. The molecule has 1 fully saturated rings. The summed E-state index contributed by atoms with van der Waals surface area (Å²) in [5.74, 6) is 1.47. The first-order valence-electron chi connectivity index (χ1n) is 4.23. The zero-order valence-corrected chi connectivity index (χ0v) is 7.82. The second kappa shape index (κ2) is 2.59. The van der Waals surface area contributed by atoms with Crippen molar-refractivity contribution < 1.29 is 0 Å². The largest absolute Gasteiger partial charge is 0.197 e. The molecular weight excluding hydrogens is 154 g/mol. The molecule has 60 valence electrons. The second-order valence-electron chi connectivity index (χ2n) is 3.58. The van der Waals surface area contributed by atoms with E-state index in [4.69, 9.17) is 0 Å². The minimum Gasteiger partial charge on any atom is -0.197 e. The normalized spacial score (nSPS) is 17.7. The van der Waals surface area contributed by atoms with E-state index in [1.54, 1.807) is 11.5 Å². The van der Waals surface area contributed by atoms with Gasteiger partial charge in [-0.1, -0.05) is 13.8 Å². The van der Waals surface area contributed by atoms with E-state index >= 15 is 0 Å². The van der Waals surface area contributed by atoms with Gasteiger partial charge in [-0.3, -0.25) is 0 Å². The smallest absolute Gasteiger partial charge is 0.0602 e. The van der Waals surface area contributed by atoms with Gasteiger partial charge in [0.2, 0.25) is 0 Å². The average Bonchev–Trinajstić information content (AvgIpc) is 2.68.